The van der Waals surface area contributed by atoms with Gasteiger partial charge in [-0.25, -0.2) is 0 Å². The van der Waals surface area contributed by atoms with Crippen molar-refractivity contribution in [2.75, 3.05) is 27.0 Å². The Hall–Kier alpha value is -3.45. The number of aryl methyl sites for hydroxylation is 1. The summed E-state index contributed by atoms with van der Waals surface area (Å²) in [5, 5.41) is 50.7. The van der Waals surface area contributed by atoms with E-state index >= 15 is 0 Å². The second-order valence-corrected chi connectivity index (χ2v) is 14.6. The number of benzene rings is 4. The van der Waals surface area contributed by atoms with Gasteiger partial charge in [-0.1, -0.05) is 51.9 Å². The first-order valence-electron chi connectivity index (χ1n) is 16.1. The molecule has 6 N–H and O–H groups in total. The first-order chi connectivity index (χ1) is 23.2. The van der Waals surface area contributed by atoms with E-state index in [-0.39, 0.29) is 35.9 Å². The Morgan fingerprint density at radius 2 is 1.75 bits per heavy atom. The Kier molecular flexibility index (Phi) is 12.5. The van der Waals surface area contributed by atoms with Crippen LogP contribution in [0.1, 0.15) is 54.2 Å². The summed E-state index contributed by atoms with van der Waals surface area (Å²) in [6.07, 6.45) is 0.0793. The molecule has 0 fully saturated rings. The lowest BCUT2D eigenvalue weighted by molar-refractivity contribution is -0.124. The third-order valence-corrected chi connectivity index (χ3v) is 10.9. The minimum atomic E-state index is -0.610. The second kappa shape index (κ2) is 16.8. The molecule has 0 aliphatic carbocycles. The van der Waals surface area contributed by atoms with Crippen molar-refractivity contribution in [2.45, 2.75) is 62.8 Å². The summed E-state index contributed by atoms with van der Waals surface area (Å²) in [5.41, 5.74) is 5.05. The molecular weight excluding hydrogens is 649 g/mol. The van der Waals surface area contributed by atoms with Gasteiger partial charge in [0.15, 0.2) is 11.5 Å². The Balaban J connectivity index is 1.48. The first-order valence-corrected chi connectivity index (χ1v) is 18.6. The average Bonchev–Trinajstić information content (AvgIpc) is 3.06. The van der Waals surface area contributed by atoms with Crippen LogP contribution in [-0.4, -0.2) is 65.4 Å². The number of ketones is 1. The molecule has 1 aliphatic rings. The number of hydrogen-bond acceptors (Lipinski definition) is 11. The van der Waals surface area contributed by atoms with E-state index in [2.05, 4.69) is 10.6 Å². The van der Waals surface area contributed by atoms with E-state index in [4.69, 9.17) is 9.47 Å². The molecule has 0 saturated heterocycles. The number of aromatic hydroxyl groups is 3. The highest BCUT2D eigenvalue weighted by Gasteiger charge is 2.25. The summed E-state index contributed by atoms with van der Waals surface area (Å²) in [6.45, 7) is 0.578. The number of rotatable bonds is 7. The van der Waals surface area contributed by atoms with E-state index < -0.39 is 18.4 Å². The molecule has 1 aliphatic heterocycles. The highest BCUT2D eigenvalue weighted by atomic mass is 33.1. The molecule has 0 saturated carbocycles. The second-order valence-electron chi connectivity index (χ2n) is 12.1. The first kappa shape index (κ1) is 35.8. The number of aliphatic hydroxyl groups excluding tert-OH is 1. The number of hydrogen-bond donors (Lipinski definition) is 6. The summed E-state index contributed by atoms with van der Waals surface area (Å²) in [7, 11) is 8.31. The van der Waals surface area contributed by atoms with Gasteiger partial charge in [0.2, 0.25) is 0 Å². The van der Waals surface area contributed by atoms with Gasteiger partial charge in [-0.2, -0.15) is 0 Å². The summed E-state index contributed by atoms with van der Waals surface area (Å²) in [6, 6.07) is 18.0. The third-order valence-electron chi connectivity index (χ3n) is 8.59. The van der Waals surface area contributed by atoms with Gasteiger partial charge < -0.3 is 35.2 Å². The Bertz CT molecular complexity index is 1730. The molecule has 0 radical (unpaired) electrons. The van der Waals surface area contributed by atoms with Gasteiger partial charge in [-0.05, 0) is 102 Å². The standard InChI is InChI=1S/C37H44N2O7S2/c1-38-19-22-14-25(16-29(43)15-22)37(39-2)46-30-11-10-28(42)20-47-48-21-33-31(12-6-23-4-8-27(41)18-32(23)33)35-24(5-9-26(40)17-30)7-13-34(44)36(35)45-3/h4,6-8,12-16,18,28,30,37-39,41-44H,5,9-11,17,19-21H2,1-3H3. The van der Waals surface area contributed by atoms with Crippen molar-refractivity contribution in [3.05, 3.63) is 82.9 Å². The topological polar surface area (TPSA) is 141 Å². The number of Topliss-reactive ketones (excluding diaryl/α,β-unsaturated/α-hetero) is 1. The molecule has 4 aromatic carbocycles. The van der Waals surface area contributed by atoms with Crippen molar-refractivity contribution < 1.29 is 34.7 Å². The lowest BCUT2D eigenvalue weighted by Crippen LogP contribution is -2.29. The fourth-order valence-electron chi connectivity index (χ4n) is 6.28. The average molecular weight is 693 g/mol. The van der Waals surface area contributed by atoms with Crippen molar-refractivity contribution >= 4 is 38.1 Å². The number of aliphatic hydroxyl groups is 1. The molecular formula is C37H44N2O7S2. The van der Waals surface area contributed by atoms with Gasteiger partial charge in [0.1, 0.15) is 23.5 Å². The quantitative estimate of drug-likeness (QED) is 0.0924. The van der Waals surface area contributed by atoms with Gasteiger partial charge in [0.25, 0.3) is 0 Å². The fraction of sp³-hybridized carbons (Fsp3) is 0.378. The van der Waals surface area contributed by atoms with E-state index in [0.29, 0.717) is 48.6 Å². The SMILES string of the molecule is CNCc1cc(O)cc(C(NC)OC2CCC(O)CSSCc3c(ccc4ccc(O)cc34)-c3c(ccc(O)c3OC)CCC(=O)C2)c1. The van der Waals surface area contributed by atoms with Crippen LogP contribution in [0.5, 0.6) is 23.0 Å². The van der Waals surface area contributed by atoms with Gasteiger partial charge in [0.05, 0.1) is 19.3 Å². The number of phenols is 3. The number of fused-ring (bicyclic) bond motifs is 5. The van der Waals surface area contributed by atoms with Crippen molar-refractivity contribution in [2.24, 2.45) is 0 Å². The molecule has 4 aromatic rings. The minimum Gasteiger partial charge on any atom is -0.508 e. The maximum Gasteiger partial charge on any atom is 0.168 e. The van der Waals surface area contributed by atoms with Crippen molar-refractivity contribution in [3.63, 3.8) is 0 Å². The molecule has 0 bridgehead atoms. The molecule has 3 atom stereocenters. The van der Waals surface area contributed by atoms with Crippen molar-refractivity contribution in [3.8, 4) is 34.1 Å². The van der Waals surface area contributed by atoms with Crippen molar-refractivity contribution in [1.82, 2.24) is 10.6 Å². The van der Waals surface area contributed by atoms with Crippen LogP contribution in [0.25, 0.3) is 21.9 Å². The molecule has 256 valence electrons. The lowest BCUT2D eigenvalue weighted by Gasteiger charge is -2.26. The Morgan fingerprint density at radius 1 is 0.938 bits per heavy atom. The summed E-state index contributed by atoms with van der Waals surface area (Å²) in [5.74, 6) is 1.68. The zero-order chi connectivity index (χ0) is 34.2. The molecule has 0 spiro atoms. The maximum absolute atomic E-state index is 13.6. The normalized spacial score (nSPS) is 18.6. The zero-order valence-corrected chi connectivity index (χ0v) is 29.1. The predicted octanol–water partition coefficient (Wildman–Crippen LogP) is 6.58. The largest absolute Gasteiger partial charge is 0.508 e. The van der Waals surface area contributed by atoms with Crippen molar-refractivity contribution in [1.29, 1.82) is 0 Å². The van der Waals surface area contributed by atoms with Crippen LogP contribution in [0, 0.1) is 0 Å². The van der Waals surface area contributed by atoms with E-state index in [1.54, 1.807) is 59.0 Å². The number of carbonyl (C=O) groups excluding carboxylic acids is 1. The van der Waals surface area contributed by atoms with Crippen LogP contribution in [0.4, 0.5) is 0 Å². The summed E-state index contributed by atoms with van der Waals surface area (Å²) < 4.78 is 12.2. The molecule has 9 nitrogen and oxygen atoms in total. The number of ether oxygens (including phenoxy) is 2. The minimum absolute atomic E-state index is 0.000447. The highest BCUT2D eigenvalue weighted by molar-refractivity contribution is 8.76. The molecule has 1 heterocycles. The van der Waals surface area contributed by atoms with Crippen LogP contribution in [0.3, 0.4) is 0 Å². The van der Waals surface area contributed by atoms with Gasteiger partial charge >= 0.3 is 0 Å². The highest BCUT2D eigenvalue weighted by Crippen LogP contribution is 2.45. The molecule has 0 aromatic heterocycles. The van der Waals surface area contributed by atoms with E-state index in [1.807, 2.05) is 37.4 Å². The fourth-order valence-corrected chi connectivity index (χ4v) is 8.58. The summed E-state index contributed by atoms with van der Waals surface area (Å²) >= 11 is 0. The zero-order valence-electron chi connectivity index (χ0n) is 27.5. The number of phenolic OH excluding ortho intramolecular Hbond substituents is 3. The lowest BCUT2D eigenvalue weighted by atomic mass is 9.89. The molecule has 0 amide bonds. The predicted molar refractivity (Wildman–Crippen MR) is 194 cm³/mol. The van der Waals surface area contributed by atoms with Crippen LogP contribution in [-0.2, 0) is 28.2 Å². The van der Waals surface area contributed by atoms with Crippen LogP contribution in [0.15, 0.2) is 60.7 Å². The van der Waals surface area contributed by atoms with Gasteiger partial charge in [-0.3, -0.25) is 10.1 Å². The summed E-state index contributed by atoms with van der Waals surface area (Å²) in [4.78, 5) is 13.6. The molecule has 48 heavy (non-hydrogen) atoms. The van der Waals surface area contributed by atoms with Gasteiger partial charge in [-0.15, -0.1) is 0 Å². The van der Waals surface area contributed by atoms with Crippen LogP contribution >= 0.6 is 21.6 Å². The molecule has 3 unspecified atom stereocenters. The monoisotopic (exact) mass is 692 g/mol. The molecule has 5 rings (SSSR count). The Morgan fingerprint density at radius 3 is 2.52 bits per heavy atom. The van der Waals surface area contributed by atoms with Crippen LogP contribution < -0.4 is 15.4 Å². The Labute approximate surface area is 289 Å². The van der Waals surface area contributed by atoms with E-state index in [0.717, 1.165) is 38.6 Å². The van der Waals surface area contributed by atoms with Crippen LogP contribution in [0.2, 0.25) is 0 Å². The van der Waals surface area contributed by atoms with Gasteiger partial charge in [0, 0.05) is 36.5 Å². The van der Waals surface area contributed by atoms with E-state index in [9.17, 15) is 25.2 Å². The maximum atomic E-state index is 13.6. The third kappa shape index (κ3) is 8.76. The number of methoxy groups -OCH3 is 1. The van der Waals surface area contributed by atoms with E-state index in [1.165, 1.54) is 7.11 Å². The smallest absolute Gasteiger partial charge is 0.168 e. The molecule has 11 heteroatoms. The number of nitrogens with one attached hydrogen (secondary N) is 2. The number of carbonyl (C=O) groups is 1.